The number of rotatable bonds is 3. The number of aromatic nitrogens is 2. The van der Waals surface area contributed by atoms with Crippen LogP contribution in [0.2, 0.25) is 0 Å². The summed E-state index contributed by atoms with van der Waals surface area (Å²) < 4.78 is 4.32. The van der Waals surface area contributed by atoms with Crippen molar-refractivity contribution in [3.05, 3.63) is 52.0 Å². The van der Waals surface area contributed by atoms with Gasteiger partial charge in [-0.1, -0.05) is 24.3 Å². The third kappa shape index (κ3) is 2.12. The van der Waals surface area contributed by atoms with E-state index in [4.69, 9.17) is 5.11 Å². The van der Waals surface area contributed by atoms with Crippen molar-refractivity contribution in [2.45, 2.75) is 25.5 Å². The lowest BCUT2D eigenvalue weighted by atomic mass is 10.1. The van der Waals surface area contributed by atoms with E-state index in [1.54, 1.807) is 0 Å². The first kappa shape index (κ1) is 12.6. The molecule has 1 aliphatic rings. The van der Waals surface area contributed by atoms with Crippen LogP contribution in [-0.4, -0.2) is 22.2 Å². The molecule has 2 N–H and O–H groups in total. The highest BCUT2D eigenvalue weighted by Crippen LogP contribution is 2.21. The molecule has 1 aromatic heterocycles. The molecule has 7 nitrogen and oxygen atoms in total. The first-order valence-corrected chi connectivity index (χ1v) is 6.26. The number of carbonyl (C=O) groups excluding carboxylic acids is 1. The van der Waals surface area contributed by atoms with Gasteiger partial charge < -0.3 is 15.6 Å². The van der Waals surface area contributed by atoms with Gasteiger partial charge >= 0.3 is 0 Å². The Morgan fingerprint density at radius 1 is 1.45 bits per heavy atom. The molecule has 3 rings (SSSR count). The predicted octanol–water partition coefficient (Wildman–Crippen LogP) is -0.302. The van der Waals surface area contributed by atoms with Gasteiger partial charge in [0.1, 0.15) is 6.61 Å². The van der Waals surface area contributed by atoms with E-state index in [1.807, 2.05) is 24.3 Å². The number of fused-ring (bicyclic) bond motifs is 1. The van der Waals surface area contributed by atoms with Gasteiger partial charge in [0.25, 0.3) is 17.3 Å². The van der Waals surface area contributed by atoms with Crippen LogP contribution in [-0.2, 0) is 19.4 Å². The van der Waals surface area contributed by atoms with Crippen molar-refractivity contribution >= 4 is 5.91 Å². The van der Waals surface area contributed by atoms with Crippen molar-refractivity contribution in [2.75, 3.05) is 0 Å². The molecule has 7 heteroatoms. The quantitative estimate of drug-likeness (QED) is 0.748. The van der Waals surface area contributed by atoms with E-state index in [1.165, 1.54) is 11.1 Å². The molecule has 1 aliphatic carbocycles. The maximum atomic E-state index is 12.1. The first-order chi connectivity index (χ1) is 9.69. The zero-order chi connectivity index (χ0) is 14.1. The van der Waals surface area contributed by atoms with Crippen LogP contribution in [0.4, 0.5) is 0 Å². The molecule has 0 bridgehead atoms. The van der Waals surface area contributed by atoms with Gasteiger partial charge in [-0.2, -0.15) is 0 Å². The molecule has 1 amide bonds. The Labute approximate surface area is 114 Å². The third-order valence-corrected chi connectivity index (χ3v) is 3.43. The Hall–Kier alpha value is -2.41. The Morgan fingerprint density at radius 2 is 2.10 bits per heavy atom. The molecule has 0 atom stereocenters. The van der Waals surface area contributed by atoms with Crippen LogP contribution in [0.1, 0.15) is 27.3 Å². The molecular formula is C13H13N3O4. The summed E-state index contributed by atoms with van der Waals surface area (Å²) in [6.45, 7) is -0.521. The number of nitrogens with one attached hydrogen (secondary N) is 1. The fourth-order valence-electron chi connectivity index (χ4n) is 2.51. The summed E-state index contributed by atoms with van der Waals surface area (Å²) in [7, 11) is 0. The van der Waals surface area contributed by atoms with Gasteiger partial charge in [-0.3, -0.25) is 9.42 Å². The van der Waals surface area contributed by atoms with Crippen molar-refractivity contribution in [1.29, 1.82) is 0 Å². The molecule has 0 saturated carbocycles. The normalized spacial score (nSPS) is 14.2. The van der Waals surface area contributed by atoms with Crippen LogP contribution in [0.25, 0.3) is 0 Å². The minimum absolute atomic E-state index is 0.0168. The van der Waals surface area contributed by atoms with Gasteiger partial charge in [0.15, 0.2) is 0 Å². The molecule has 0 aliphatic heterocycles. The molecule has 0 saturated heterocycles. The highest BCUT2D eigenvalue weighted by Gasteiger charge is 2.29. The zero-order valence-electron chi connectivity index (χ0n) is 10.6. The van der Waals surface area contributed by atoms with E-state index in [-0.39, 0.29) is 22.3 Å². The van der Waals surface area contributed by atoms with E-state index < -0.39 is 12.5 Å². The van der Waals surface area contributed by atoms with Crippen molar-refractivity contribution in [3.63, 3.8) is 0 Å². The Morgan fingerprint density at radius 3 is 2.70 bits per heavy atom. The second kappa shape index (κ2) is 4.93. The van der Waals surface area contributed by atoms with E-state index in [0.29, 0.717) is 0 Å². The standard InChI is InChI=1S/C13H13N3O4/c17-7-11-12(16(19)20-15-11)13(18)14-10-5-8-3-1-2-4-9(8)6-10/h1-4,10,17H,5-7H2,(H,14,18). The van der Waals surface area contributed by atoms with Gasteiger partial charge in [-0.05, 0) is 28.9 Å². The van der Waals surface area contributed by atoms with Crippen molar-refractivity contribution < 1.29 is 19.4 Å². The molecule has 0 fully saturated rings. The van der Waals surface area contributed by atoms with E-state index >= 15 is 0 Å². The zero-order valence-corrected chi connectivity index (χ0v) is 10.6. The van der Waals surface area contributed by atoms with Gasteiger partial charge in [0.05, 0.1) is 0 Å². The number of hydrogen-bond acceptors (Lipinski definition) is 5. The number of aliphatic hydroxyl groups excluding tert-OH is 1. The molecule has 0 unspecified atom stereocenters. The monoisotopic (exact) mass is 275 g/mol. The average Bonchev–Trinajstić information content (AvgIpc) is 3.00. The van der Waals surface area contributed by atoms with Crippen LogP contribution < -0.4 is 10.2 Å². The molecule has 2 aromatic rings. The van der Waals surface area contributed by atoms with Gasteiger partial charge in [-0.25, -0.2) is 0 Å². The third-order valence-electron chi connectivity index (χ3n) is 3.43. The van der Waals surface area contributed by atoms with Gasteiger partial charge in [0.2, 0.25) is 0 Å². The Bertz CT molecular complexity index is 628. The summed E-state index contributed by atoms with van der Waals surface area (Å²) in [6, 6.07) is 7.89. The van der Waals surface area contributed by atoms with Gasteiger partial charge in [-0.15, -0.1) is 0 Å². The number of nitrogens with zero attached hydrogens (tertiary/aromatic N) is 2. The first-order valence-electron chi connectivity index (χ1n) is 6.26. The Kier molecular flexibility index (Phi) is 3.11. The fraction of sp³-hybridized carbons (Fsp3) is 0.308. The van der Waals surface area contributed by atoms with Crippen LogP contribution in [0.5, 0.6) is 0 Å². The largest absolute Gasteiger partial charge is 0.387 e. The molecule has 104 valence electrons. The Balaban J connectivity index is 1.74. The molecule has 1 aromatic carbocycles. The lowest BCUT2D eigenvalue weighted by Crippen LogP contribution is -2.42. The minimum atomic E-state index is -0.580. The predicted molar refractivity (Wildman–Crippen MR) is 66.5 cm³/mol. The van der Waals surface area contributed by atoms with Crippen molar-refractivity contribution in [2.24, 2.45) is 0 Å². The van der Waals surface area contributed by atoms with Crippen LogP contribution in [0.3, 0.4) is 0 Å². The number of benzene rings is 1. The lowest BCUT2D eigenvalue weighted by Gasteiger charge is -2.10. The summed E-state index contributed by atoms with van der Waals surface area (Å²) in [6.07, 6.45) is 1.45. The molecule has 20 heavy (non-hydrogen) atoms. The lowest BCUT2D eigenvalue weighted by molar-refractivity contribution is -0.803. The SMILES string of the molecule is O=C(NC1Cc2ccccc2C1)c1c(CO)no[n+]1[O-]. The summed E-state index contributed by atoms with van der Waals surface area (Å²) >= 11 is 0. The summed E-state index contributed by atoms with van der Waals surface area (Å²) in [4.78, 5) is 12.1. The maximum absolute atomic E-state index is 12.1. The highest BCUT2D eigenvalue weighted by molar-refractivity contribution is 5.92. The highest BCUT2D eigenvalue weighted by atomic mass is 16.8. The molecular weight excluding hydrogens is 262 g/mol. The fourth-order valence-corrected chi connectivity index (χ4v) is 2.51. The number of aliphatic hydroxyl groups is 1. The maximum Gasteiger partial charge on any atom is 0.300 e. The second-order valence-electron chi connectivity index (χ2n) is 4.73. The molecule has 0 radical (unpaired) electrons. The smallest absolute Gasteiger partial charge is 0.300 e. The van der Waals surface area contributed by atoms with Crippen molar-refractivity contribution in [3.8, 4) is 0 Å². The molecule has 0 spiro atoms. The van der Waals surface area contributed by atoms with Crippen molar-refractivity contribution in [1.82, 2.24) is 10.5 Å². The number of hydrogen-bond donors (Lipinski definition) is 2. The van der Waals surface area contributed by atoms with Crippen LogP contribution >= 0.6 is 0 Å². The van der Waals surface area contributed by atoms with E-state index in [0.717, 1.165) is 12.8 Å². The van der Waals surface area contributed by atoms with Gasteiger partial charge in [0, 0.05) is 11.2 Å². The number of carbonyl (C=O) groups is 1. The minimum Gasteiger partial charge on any atom is -0.387 e. The summed E-state index contributed by atoms with van der Waals surface area (Å²) in [5.41, 5.74) is 2.04. The van der Waals surface area contributed by atoms with Crippen LogP contribution in [0.15, 0.2) is 28.9 Å². The van der Waals surface area contributed by atoms with E-state index in [9.17, 15) is 10.0 Å². The summed E-state index contributed by atoms with van der Waals surface area (Å²) in [5.74, 6) is -0.580. The topological polar surface area (TPSA) is 102 Å². The van der Waals surface area contributed by atoms with Crippen LogP contribution in [0, 0.1) is 5.21 Å². The summed E-state index contributed by atoms with van der Waals surface area (Å²) in [5, 5.41) is 26.5. The number of amides is 1. The second-order valence-corrected chi connectivity index (χ2v) is 4.73. The van der Waals surface area contributed by atoms with E-state index in [2.05, 4.69) is 15.1 Å². The molecule has 1 heterocycles. The average molecular weight is 275 g/mol.